The zero-order valence-electron chi connectivity index (χ0n) is 27.1. The molecule has 10 rings (SSSR count). The van der Waals surface area contributed by atoms with Gasteiger partial charge in [-0.2, -0.15) is 0 Å². The fraction of sp³-hybridized carbons (Fsp3) is 0. The van der Waals surface area contributed by atoms with Crippen molar-refractivity contribution in [2.45, 2.75) is 0 Å². The number of nitrogens with zero attached hydrogens (tertiary/aromatic N) is 4. The van der Waals surface area contributed by atoms with Crippen LogP contribution in [-0.2, 0) is 0 Å². The molecule has 0 fully saturated rings. The molecule has 0 amide bonds. The van der Waals surface area contributed by atoms with E-state index >= 15 is 0 Å². The van der Waals surface area contributed by atoms with Gasteiger partial charge in [0.1, 0.15) is 0 Å². The molecule has 7 aromatic carbocycles. The van der Waals surface area contributed by atoms with Crippen molar-refractivity contribution in [2.75, 3.05) is 0 Å². The maximum absolute atomic E-state index is 5.31. The van der Waals surface area contributed by atoms with Crippen LogP contribution in [0.25, 0.3) is 88.9 Å². The van der Waals surface area contributed by atoms with Crippen molar-refractivity contribution >= 4 is 43.6 Å². The predicted octanol–water partition coefficient (Wildman–Crippen LogP) is 11.7. The fourth-order valence-corrected chi connectivity index (χ4v) is 7.48. The molecule has 4 heteroatoms. The first-order valence-corrected chi connectivity index (χ1v) is 16.9. The van der Waals surface area contributed by atoms with Gasteiger partial charge in [-0.3, -0.25) is 4.57 Å². The SMILES string of the molecule is c1ccc(-c2ccc(-n3c4ccccc4c4c3ccc3c5ccccc5n(-c5nc(-c6ccccc6)cc(-c6ccccc6)n5)c34)cc2)cc1. The zero-order chi connectivity index (χ0) is 33.0. The van der Waals surface area contributed by atoms with E-state index in [1.165, 1.54) is 32.7 Å². The third kappa shape index (κ3) is 4.46. The summed E-state index contributed by atoms with van der Waals surface area (Å²) in [6.07, 6.45) is 0. The molecule has 3 aromatic heterocycles. The lowest BCUT2D eigenvalue weighted by Gasteiger charge is -2.12. The Morgan fingerprint density at radius 3 is 1.46 bits per heavy atom. The molecule has 0 spiro atoms. The third-order valence-electron chi connectivity index (χ3n) is 9.76. The normalized spacial score (nSPS) is 11.6. The largest absolute Gasteiger partial charge is 0.309 e. The van der Waals surface area contributed by atoms with Crippen molar-refractivity contribution in [3.63, 3.8) is 0 Å². The molecule has 0 radical (unpaired) electrons. The summed E-state index contributed by atoms with van der Waals surface area (Å²) < 4.78 is 4.67. The monoisotopic (exact) mass is 638 g/mol. The van der Waals surface area contributed by atoms with Crippen LogP contribution in [0.15, 0.2) is 182 Å². The van der Waals surface area contributed by atoms with E-state index in [4.69, 9.17) is 9.97 Å². The minimum absolute atomic E-state index is 0.646. The van der Waals surface area contributed by atoms with Crippen LogP contribution in [0, 0.1) is 0 Å². The maximum Gasteiger partial charge on any atom is 0.235 e. The molecule has 4 nitrogen and oxygen atoms in total. The number of benzene rings is 7. The molecular weight excluding hydrogens is 609 g/mol. The van der Waals surface area contributed by atoms with Crippen LogP contribution >= 0.6 is 0 Å². The van der Waals surface area contributed by atoms with E-state index < -0.39 is 0 Å². The highest BCUT2D eigenvalue weighted by Gasteiger charge is 2.22. The average Bonchev–Trinajstić information content (AvgIpc) is 3.72. The molecule has 10 aromatic rings. The first-order chi connectivity index (χ1) is 24.8. The summed E-state index contributed by atoms with van der Waals surface area (Å²) in [7, 11) is 0. The minimum atomic E-state index is 0.646. The lowest BCUT2D eigenvalue weighted by Crippen LogP contribution is -2.04. The van der Waals surface area contributed by atoms with Gasteiger partial charge in [0.15, 0.2) is 0 Å². The summed E-state index contributed by atoms with van der Waals surface area (Å²) in [5.74, 6) is 0.646. The fourth-order valence-electron chi connectivity index (χ4n) is 7.48. The Morgan fingerprint density at radius 1 is 0.340 bits per heavy atom. The van der Waals surface area contributed by atoms with Crippen LogP contribution in [0.3, 0.4) is 0 Å². The summed E-state index contributed by atoms with van der Waals surface area (Å²) in [4.78, 5) is 10.6. The van der Waals surface area contributed by atoms with Crippen LogP contribution in [-0.4, -0.2) is 19.1 Å². The Balaban J connectivity index is 1.29. The van der Waals surface area contributed by atoms with E-state index in [2.05, 4.69) is 179 Å². The molecule has 3 heterocycles. The number of hydrogen-bond donors (Lipinski definition) is 0. The lowest BCUT2D eigenvalue weighted by atomic mass is 10.1. The highest BCUT2D eigenvalue weighted by molar-refractivity contribution is 6.26. The van der Waals surface area contributed by atoms with Crippen LogP contribution in [0.5, 0.6) is 0 Å². The third-order valence-corrected chi connectivity index (χ3v) is 9.76. The maximum atomic E-state index is 5.31. The second-order valence-electron chi connectivity index (χ2n) is 12.6. The van der Waals surface area contributed by atoms with E-state index in [-0.39, 0.29) is 0 Å². The van der Waals surface area contributed by atoms with Gasteiger partial charge in [-0.1, -0.05) is 146 Å². The lowest BCUT2D eigenvalue weighted by molar-refractivity contribution is 0.998. The van der Waals surface area contributed by atoms with E-state index in [1.807, 2.05) is 12.1 Å². The van der Waals surface area contributed by atoms with Gasteiger partial charge < -0.3 is 4.57 Å². The van der Waals surface area contributed by atoms with Gasteiger partial charge in [0.05, 0.1) is 33.5 Å². The van der Waals surface area contributed by atoms with Crippen LogP contribution < -0.4 is 0 Å². The summed E-state index contributed by atoms with van der Waals surface area (Å²) in [5.41, 5.74) is 11.9. The van der Waals surface area contributed by atoms with Gasteiger partial charge in [-0.15, -0.1) is 0 Å². The molecule has 0 N–H and O–H groups in total. The second-order valence-corrected chi connectivity index (χ2v) is 12.6. The van der Waals surface area contributed by atoms with Gasteiger partial charge in [-0.25, -0.2) is 9.97 Å². The van der Waals surface area contributed by atoms with Gasteiger partial charge in [0.2, 0.25) is 5.95 Å². The molecule has 0 aliphatic rings. The molecule has 0 aliphatic carbocycles. The molecular formula is C46H30N4. The van der Waals surface area contributed by atoms with Gasteiger partial charge in [0, 0.05) is 38.4 Å². The molecule has 50 heavy (non-hydrogen) atoms. The van der Waals surface area contributed by atoms with E-state index in [0.717, 1.165) is 50.3 Å². The molecule has 0 saturated carbocycles. The van der Waals surface area contributed by atoms with Gasteiger partial charge in [-0.05, 0) is 47.5 Å². The Bertz CT molecular complexity index is 2770. The highest BCUT2D eigenvalue weighted by atomic mass is 15.2. The first kappa shape index (κ1) is 28.3. The smallest absolute Gasteiger partial charge is 0.235 e. The van der Waals surface area contributed by atoms with Crippen molar-refractivity contribution in [2.24, 2.45) is 0 Å². The van der Waals surface area contributed by atoms with Crippen molar-refractivity contribution in [3.8, 4) is 45.3 Å². The quantitative estimate of drug-likeness (QED) is 0.188. The summed E-state index contributed by atoms with van der Waals surface area (Å²) >= 11 is 0. The highest BCUT2D eigenvalue weighted by Crippen LogP contribution is 2.42. The summed E-state index contributed by atoms with van der Waals surface area (Å²) in [6, 6.07) is 64.2. The number of rotatable bonds is 5. The van der Waals surface area contributed by atoms with Crippen molar-refractivity contribution in [3.05, 3.63) is 182 Å². The minimum Gasteiger partial charge on any atom is -0.309 e. The molecule has 0 aliphatic heterocycles. The standard InChI is InChI=1S/C46H30N4/c1-4-14-31(15-5-1)32-24-26-35(27-25-32)49-42-23-13-11-21-38(42)44-43(49)29-28-37-36-20-10-12-22-41(36)50(45(37)44)46-47-39(33-16-6-2-7-17-33)30-40(48-46)34-18-8-3-9-19-34/h1-30H. The number of aromatic nitrogens is 4. The molecule has 0 saturated heterocycles. The van der Waals surface area contributed by atoms with E-state index in [0.29, 0.717) is 5.95 Å². The van der Waals surface area contributed by atoms with Crippen molar-refractivity contribution in [1.82, 2.24) is 19.1 Å². The van der Waals surface area contributed by atoms with E-state index in [1.54, 1.807) is 0 Å². The Labute approximate surface area is 289 Å². The van der Waals surface area contributed by atoms with E-state index in [9.17, 15) is 0 Å². The zero-order valence-corrected chi connectivity index (χ0v) is 27.1. The summed E-state index contributed by atoms with van der Waals surface area (Å²) in [5, 5.41) is 4.71. The van der Waals surface area contributed by atoms with Crippen molar-refractivity contribution < 1.29 is 0 Å². The Hall–Kier alpha value is -6.78. The Kier molecular flexibility index (Phi) is 6.46. The van der Waals surface area contributed by atoms with Crippen LogP contribution in [0.2, 0.25) is 0 Å². The summed E-state index contributed by atoms with van der Waals surface area (Å²) in [6.45, 7) is 0. The average molecular weight is 639 g/mol. The Morgan fingerprint density at radius 2 is 0.840 bits per heavy atom. The number of fused-ring (bicyclic) bond motifs is 7. The number of para-hydroxylation sites is 2. The van der Waals surface area contributed by atoms with Crippen LogP contribution in [0.4, 0.5) is 0 Å². The predicted molar refractivity (Wildman–Crippen MR) is 207 cm³/mol. The van der Waals surface area contributed by atoms with Crippen molar-refractivity contribution in [1.29, 1.82) is 0 Å². The number of hydrogen-bond acceptors (Lipinski definition) is 2. The molecule has 0 bridgehead atoms. The van der Waals surface area contributed by atoms with Gasteiger partial charge >= 0.3 is 0 Å². The molecule has 0 atom stereocenters. The molecule has 234 valence electrons. The molecule has 0 unspecified atom stereocenters. The van der Waals surface area contributed by atoms with Gasteiger partial charge in [0.25, 0.3) is 0 Å². The topological polar surface area (TPSA) is 35.6 Å². The first-order valence-electron chi connectivity index (χ1n) is 16.9. The van der Waals surface area contributed by atoms with Crippen LogP contribution in [0.1, 0.15) is 0 Å². The second kappa shape index (κ2) is 11.4.